The summed E-state index contributed by atoms with van der Waals surface area (Å²) in [6.45, 7) is 0.450. The maximum absolute atomic E-state index is 12.5. The summed E-state index contributed by atoms with van der Waals surface area (Å²) in [6.07, 6.45) is 2.80. The molecule has 0 radical (unpaired) electrons. The largest absolute Gasteiger partial charge is 0.488 e. The van der Waals surface area contributed by atoms with Crippen LogP contribution in [0.1, 0.15) is 28.0 Å². The second-order valence-electron chi connectivity index (χ2n) is 5.51. The third-order valence-electron chi connectivity index (χ3n) is 3.76. The van der Waals surface area contributed by atoms with E-state index < -0.39 is 0 Å². The number of hydrogen-bond acceptors (Lipinski definition) is 3. The van der Waals surface area contributed by atoms with E-state index in [0.717, 1.165) is 11.3 Å². The molecule has 3 rings (SSSR count). The van der Waals surface area contributed by atoms with Gasteiger partial charge in [0.2, 0.25) is 0 Å². The zero-order valence-electron chi connectivity index (χ0n) is 13.4. The lowest BCUT2D eigenvalue weighted by molar-refractivity contribution is 0.0978. The average molecular weight is 317 g/mol. The van der Waals surface area contributed by atoms with Crippen LogP contribution < -0.4 is 4.74 Å². The number of benzene rings is 2. The average Bonchev–Trinajstić information content (AvgIpc) is 2.66. The number of Topliss-reactive ketones (excluding diaryl/α,β-unsaturated/α-hetero) is 1. The number of ketones is 1. The van der Waals surface area contributed by atoms with Crippen LogP contribution in [0.25, 0.3) is 0 Å². The van der Waals surface area contributed by atoms with E-state index in [1.54, 1.807) is 6.20 Å². The molecule has 0 aliphatic rings. The fraction of sp³-hybridized carbons (Fsp3) is 0.143. The predicted octanol–water partition coefficient (Wildman–Crippen LogP) is 4.48. The highest BCUT2D eigenvalue weighted by molar-refractivity contribution is 5.98. The van der Waals surface area contributed by atoms with Crippen LogP contribution in [0.15, 0.2) is 79.0 Å². The minimum atomic E-state index is 0.0734. The highest BCUT2D eigenvalue weighted by Gasteiger charge is 2.12. The molecule has 0 N–H and O–H groups in total. The van der Waals surface area contributed by atoms with Gasteiger partial charge in [0.25, 0.3) is 0 Å². The molecule has 0 fully saturated rings. The highest BCUT2D eigenvalue weighted by atomic mass is 16.5. The molecule has 0 saturated carbocycles. The number of ether oxygens (including phenoxy) is 1. The second kappa shape index (κ2) is 8.06. The summed E-state index contributed by atoms with van der Waals surface area (Å²) in [5.41, 5.74) is 2.63. The van der Waals surface area contributed by atoms with Gasteiger partial charge in [-0.3, -0.25) is 9.78 Å². The molecule has 1 heterocycles. The molecule has 1 aromatic heterocycles. The standard InChI is InChI=1S/C21H19NO2/c23-20(14-13-18-10-6-7-15-22-18)19-11-4-5-12-21(19)24-16-17-8-2-1-3-9-17/h1-12,15H,13-14,16H2. The normalized spacial score (nSPS) is 10.3. The quantitative estimate of drug-likeness (QED) is 0.603. The maximum Gasteiger partial charge on any atom is 0.166 e. The molecule has 0 atom stereocenters. The van der Waals surface area contributed by atoms with E-state index in [-0.39, 0.29) is 5.78 Å². The minimum absolute atomic E-state index is 0.0734. The van der Waals surface area contributed by atoms with Crippen LogP contribution in [0, 0.1) is 0 Å². The van der Waals surface area contributed by atoms with Gasteiger partial charge in [0.1, 0.15) is 12.4 Å². The third-order valence-corrected chi connectivity index (χ3v) is 3.76. The summed E-state index contributed by atoms with van der Waals surface area (Å²) >= 11 is 0. The molecule has 24 heavy (non-hydrogen) atoms. The minimum Gasteiger partial charge on any atom is -0.488 e. The van der Waals surface area contributed by atoms with Gasteiger partial charge in [-0.2, -0.15) is 0 Å². The van der Waals surface area contributed by atoms with E-state index in [1.807, 2.05) is 72.8 Å². The summed E-state index contributed by atoms with van der Waals surface area (Å²) < 4.78 is 5.86. The van der Waals surface area contributed by atoms with Gasteiger partial charge in [0.05, 0.1) is 5.56 Å². The van der Waals surface area contributed by atoms with Gasteiger partial charge in [-0.15, -0.1) is 0 Å². The van der Waals surface area contributed by atoms with E-state index in [9.17, 15) is 4.79 Å². The Balaban J connectivity index is 1.65. The number of aromatic nitrogens is 1. The molecule has 120 valence electrons. The molecule has 3 aromatic rings. The molecule has 0 unspecified atom stereocenters. The topological polar surface area (TPSA) is 39.2 Å². The summed E-state index contributed by atoms with van der Waals surface area (Å²) in [4.78, 5) is 16.8. The molecular weight excluding hydrogens is 298 g/mol. The van der Waals surface area contributed by atoms with Gasteiger partial charge in [-0.05, 0) is 36.2 Å². The van der Waals surface area contributed by atoms with Crippen molar-refractivity contribution in [3.05, 3.63) is 95.8 Å². The lowest BCUT2D eigenvalue weighted by Crippen LogP contribution is -2.06. The highest BCUT2D eigenvalue weighted by Crippen LogP contribution is 2.21. The number of rotatable bonds is 7. The summed E-state index contributed by atoms with van der Waals surface area (Å²) in [7, 11) is 0. The third kappa shape index (κ3) is 4.29. The maximum atomic E-state index is 12.5. The van der Waals surface area contributed by atoms with Crippen molar-refractivity contribution >= 4 is 5.78 Å². The molecular formula is C21H19NO2. The lowest BCUT2D eigenvalue weighted by atomic mass is 10.0. The molecule has 0 aliphatic carbocycles. The number of hydrogen-bond donors (Lipinski definition) is 0. The lowest BCUT2D eigenvalue weighted by Gasteiger charge is -2.11. The Bertz CT molecular complexity index is 785. The first-order valence-electron chi connectivity index (χ1n) is 8.02. The van der Waals surface area contributed by atoms with E-state index in [0.29, 0.717) is 30.8 Å². The molecule has 0 spiro atoms. The number of carbonyl (C=O) groups excluding carboxylic acids is 1. The van der Waals surface area contributed by atoms with E-state index in [1.165, 1.54) is 0 Å². The van der Waals surface area contributed by atoms with Gasteiger partial charge in [0, 0.05) is 18.3 Å². The van der Waals surface area contributed by atoms with Crippen molar-refractivity contribution in [2.24, 2.45) is 0 Å². The molecule has 0 aliphatic heterocycles. The van der Waals surface area contributed by atoms with Gasteiger partial charge >= 0.3 is 0 Å². The number of carbonyl (C=O) groups is 1. The number of para-hydroxylation sites is 1. The number of nitrogens with zero attached hydrogens (tertiary/aromatic N) is 1. The molecule has 0 saturated heterocycles. The van der Waals surface area contributed by atoms with Gasteiger partial charge in [-0.25, -0.2) is 0 Å². The van der Waals surface area contributed by atoms with Crippen LogP contribution in [0.3, 0.4) is 0 Å². The SMILES string of the molecule is O=C(CCc1ccccn1)c1ccccc1OCc1ccccc1. The van der Waals surface area contributed by atoms with Gasteiger partial charge in [-0.1, -0.05) is 48.5 Å². The van der Waals surface area contributed by atoms with Crippen LogP contribution >= 0.6 is 0 Å². The second-order valence-corrected chi connectivity index (χ2v) is 5.51. The van der Waals surface area contributed by atoms with E-state index >= 15 is 0 Å². The molecule has 0 bridgehead atoms. The Morgan fingerprint density at radius 2 is 1.62 bits per heavy atom. The monoisotopic (exact) mass is 317 g/mol. The van der Waals surface area contributed by atoms with Crippen molar-refractivity contribution in [1.82, 2.24) is 4.98 Å². The van der Waals surface area contributed by atoms with Crippen molar-refractivity contribution < 1.29 is 9.53 Å². The first-order valence-corrected chi connectivity index (χ1v) is 8.02. The van der Waals surface area contributed by atoms with Crippen molar-refractivity contribution in [3.63, 3.8) is 0 Å². The van der Waals surface area contributed by atoms with Crippen molar-refractivity contribution in [2.45, 2.75) is 19.4 Å². The Morgan fingerprint density at radius 3 is 2.42 bits per heavy atom. The van der Waals surface area contributed by atoms with Crippen molar-refractivity contribution in [2.75, 3.05) is 0 Å². The Morgan fingerprint density at radius 1 is 0.875 bits per heavy atom. The Labute approximate surface area is 142 Å². The number of pyridine rings is 1. The van der Waals surface area contributed by atoms with E-state index in [2.05, 4.69) is 4.98 Å². The first-order chi connectivity index (χ1) is 11.8. The zero-order chi connectivity index (χ0) is 16.6. The molecule has 0 amide bonds. The Kier molecular flexibility index (Phi) is 5.36. The summed E-state index contributed by atoms with van der Waals surface area (Å²) in [6, 6.07) is 23.1. The smallest absolute Gasteiger partial charge is 0.166 e. The summed E-state index contributed by atoms with van der Waals surface area (Å²) in [5, 5.41) is 0. The van der Waals surface area contributed by atoms with Gasteiger partial charge < -0.3 is 4.74 Å². The van der Waals surface area contributed by atoms with Crippen molar-refractivity contribution in [3.8, 4) is 5.75 Å². The van der Waals surface area contributed by atoms with Crippen LogP contribution in [-0.4, -0.2) is 10.8 Å². The van der Waals surface area contributed by atoms with Crippen LogP contribution in [0.2, 0.25) is 0 Å². The van der Waals surface area contributed by atoms with E-state index in [4.69, 9.17) is 4.74 Å². The van der Waals surface area contributed by atoms with Crippen molar-refractivity contribution in [1.29, 1.82) is 0 Å². The van der Waals surface area contributed by atoms with Crippen LogP contribution in [-0.2, 0) is 13.0 Å². The fourth-order valence-corrected chi connectivity index (χ4v) is 2.48. The summed E-state index contributed by atoms with van der Waals surface area (Å²) in [5.74, 6) is 0.705. The molecule has 3 heteroatoms. The van der Waals surface area contributed by atoms with Crippen LogP contribution in [0.4, 0.5) is 0 Å². The van der Waals surface area contributed by atoms with Gasteiger partial charge in [0.15, 0.2) is 5.78 Å². The molecule has 3 nitrogen and oxygen atoms in total. The number of aryl methyl sites for hydroxylation is 1. The predicted molar refractivity (Wildman–Crippen MR) is 94.1 cm³/mol. The first kappa shape index (κ1) is 15.9. The van der Waals surface area contributed by atoms with Crippen LogP contribution in [0.5, 0.6) is 5.75 Å². The molecule has 2 aromatic carbocycles. The zero-order valence-corrected chi connectivity index (χ0v) is 13.4. The fourth-order valence-electron chi connectivity index (χ4n) is 2.48. The Hall–Kier alpha value is -2.94.